The highest BCUT2D eigenvalue weighted by molar-refractivity contribution is 7.71. The van der Waals surface area contributed by atoms with E-state index in [1.807, 2.05) is 10.8 Å². The number of aromatic nitrogens is 7. The molecule has 3 rings (SSSR count). The fourth-order valence-corrected chi connectivity index (χ4v) is 2.33. The molecule has 0 saturated carbocycles. The van der Waals surface area contributed by atoms with E-state index in [0.717, 1.165) is 30.7 Å². The van der Waals surface area contributed by atoms with Crippen LogP contribution < -0.4 is 4.74 Å². The smallest absolute Gasteiger partial charge is 0.242 e. The number of hydrogen-bond donors (Lipinski definition) is 1. The van der Waals surface area contributed by atoms with Gasteiger partial charge in [0.25, 0.3) is 0 Å². The van der Waals surface area contributed by atoms with E-state index in [1.54, 1.807) is 18.0 Å². The zero-order valence-corrected chi connectivity index (χ0v) is 11.7. The minimum Gasteiger partial charge on any atom is -0.479 e. The lowest BCUT2D eigenvalue weighted by Gasteiger charge is -2.04. The Morgan fingerprint density at radius 2 is 2.25 bits per heavy atom. The fourth-order valence-electron chi connectivity index (χ4n) is 2.05. The Kier molecular flexibility index (Phi) is 3.42. The summed E-state index contributed by atoms with van der Waals surface area (Å²) in [5.41, 5.74) is 1.47. The van der Waals surface area contributed by atoms with E-state index in [0.29, 0.717) is 10.7 Å². The molecule has 0 spiro atoms. The van der Waals surface area contributed by atoms with Crippen LogP contribution in [0.1, 0.15) is 6.42 Å². The largest absolute Gasteiger partial charge is 0.479 e. The molecule has 8 nitrogen and oxygen atoms in total. The Balaban J connectivity index is 1.84. The molecule has 0 atom stereocenters. The van der Waals surface area contributed by atoms with E-state index < -0.39 is 0 Å². The predicted octanol–water partition coefficient (Wildman–Crippen LogP) is 1.18. The topological polar surface area (TPSA) is 86.4 Å². The Bertz CT molecular complexity index is 761. The van der Waals surface area contributed by atoms with E-state index in [-0.39, 0.29) is 0 Å². The number of nitrogens with zero attached hydrogens (tertiary/aromatic N) is 6. The van der Waals surface area contributed by atoms with Gasteiger partial charge in [-0.2, -0.15) is 4.98 Å². The molecule has 0 aliphatic heterocycles. The lowest BCUT2D eigenvalue weighted by atomic mass is 10.4. The van der Waals surface area contributed by atoms with E-state index >= 15 is 0 Å². The number of rotatable bonds is 5. The molecule has 104 valence electrons. The van der Waals surface area contributed by atoms with Gasteiger partial charge in [0.05, 0.1) is 13.3 Å². The van der Waals surface area contributed by atoms with Crippen LogP contribution in [0.15, 0.2) is 18.7 Å². The second-order valence-electron chi connectivity index (χ2n) is 4.18. The third-order valence-electron chi connectivity index (χ3n) is 2.96. The Morgan fingerprint density at radius 1 is 1.35 bits per heavy atom. The van der Waals surface area contributed by atoms with Crippen LogP contribution in [-0.4, -0.2) is 41.6 Å². The number of imidazole rings is 1. The molecule has 3 aromatic rings. The SMILES string of the molecule is COc1ncnc2c1[nH]c(=S)n2CCCn1ccnn1. The molecule has 1 N–H and O–H groups in total. The average molecular weight is 291 g/mol. The monoisotopic (exact) mass is 291 g/mol. The third kappa shape index (κ3) is 2.27. The van der Waals surface area contributed by atoms with Gasteiger partial charge in [0.15, 0.2) is 10.4 Å². The minimum atomic E-state index is 0.496. The Morgan fingerprint density at radius 3 is 3.00 bits per heavy atom. The van der Waals surface area contributed by atoms with Gasteiger partial charge in [-0.1, -0.05) is 5.21 Å². The summed E-state index contributed by atoms with van der Waals surface area (Å²) in [5.74, 6) is 0.496. The molecular formula is C11H13N7OS. The fraction of sp³-hybridized carbons (Fsp3) is 0.364. The molecule has 0 amide bonds. The van der Waals surface area contributed by atoms with E-state index in [4.69, 9.17) is 17.0 Å². The van der Waals surface area contributed by atoms with Gasteiger partial charge >= 0.3 is 0 Å². The summed E-state index contributed by atoms with van der Waals surface area (Å²) in [4.78, 5) is 11.4. The van der Waals surface area contributed by atoms with Crippen LogP contribution >= 0.6 is 12.2 Å². The van der Waals surface area contributed by atoms with Crippen LogP contribution in [0.25, 0.3) is 11.2 Å². The van der Waals surface area contributed by atoms with Crippen LogP contribution in [0.4, 0.5) is 0 Å². The predicted molar refractivity (Wildman–Crippen MR) is 73.9 cm³/mol. The van der Waals surface area contributed by atoms with E-state index in [1.165, 1.54) is 6.33 Å². The molecule has 0 aliphatic carbocycles. The Hall–Kier alpha value is -2.29. The second kappa shape index (κ2) is 5.37. The molecule has 0 fully saturated rings. The van der Waals surface area contributed by atoms with Crippen molar-refractivity contribution in [3.05, 3.63) is 23.5 Å². The molecule has 0 bridgehead atoms. The van der Waals surface area contributed by atoms with Gasteiger partial charge in [0.2, 0.25) is 5.88 Å². The van der Waals surface area contributed by atoms with Gasteiger partial charge in [-0.05, 0) is 18.6 Å². The number of methoxy groups -OCH3 is 1. The highest BCUT2D eigenvalue weighted by Crippen LogP contribution is 2.20. The van der Waals surface area contributed by atoms with Gasteiger partial charge in [0, 0.05) is 19.3 Å². The summed E-state index contributed by atoms with van der Waals surface area (Å²) in [7, 11) is 1.57. The van der Waals surface area contributed by atoms with E-state index in [2.05, 4.69) is 25.3 Å². The summed E-state index contributed by atoms with van der Waals surface area (Å²) >= 11 is 5.32. The maximum atomic E-state index is 5.32. The molecule has 0 radical (unpaired) electrons. The number of nitrogens with one attached hydrogen (secondary N) is 1. The molecular weight excluding hydrogens is 278 g/mol. The van der Waals surface area contributed by atoms with Crippen LogP contribution in [0.5, 0.6) is 5.88 Å². The Labute approximate surface area is 119 Å². The van der Waals surface area contributed by atoms with Crippen LogP contribution in [0.3, 0.4) is 0 Å². The van der Waals surface area contributed by atoms with Crippen molar-refractivity contribution in [2.45, 2.75) is 19.5 Å². The number of hydrogen-bond acceptors (Lipinski definition) is 6. The molecule has 0 aliphatic rings. The van der Waals surface area contributed by atoms with Crippen molar-refractivity contribution < 1.29 is 4.74 Å². The summed E-state index contributed by atoms with van der Waals surface area (Å²) in [6, 6.07) is 0. The van der Waals surface area contributed by atoms with E-state index in [9.17, 15) is 0 Å². The van der Waals surface area contributed by atoms with Crippen molar-refractivity contribution in [3.8, 4) is 5.88 Å². The minimum absolute atomic E-state index is 0.496. The molecule has 3 aromatic heterocycles. The quantitative estimate of drug-likeness (QED) is 0.710. The average Bonchev–Trinajstić information content (AvgIpc) is 3.07. The lowest BCUT2D eigenvalue weighted by molar-refractivity contribution is 0.401. The van der Waals surface area contributed by atoms with Crippen molar-refractivity contribution in [3.63, 3.8) is 0 Å². The second-order valence-corrected chi connectivity index (χ2v) is 4.57. The van der Waals surface area contributed by atoms with Crippen LogP contribution in [0, 0.1) is 4.77 Å². The van der Waals surface area contributed by atoms with Crippen molar-refractivity contribution in [1.82, 2.24) is 34.5 Å². The first-order valence-corrected chi connectivity index (χ1v) is 6.52. The van der Waals surface area contributed by atoms with Gasteiger partial charge in [0.1, 0.15) is 11.8 Å². The van der Waals surface area contributed by atoms with Gasteiger partial charge < -0.3 is 14.3 Å². The number of ether oxygens (including phenoxy) is 1. The summed E-state index contributed by atoms with van der Waals surface area (Å²) in [6.45, 7) is 1.51. The van der Waals surface area contributed by atoms with Crippen molar-refractivity contribution in [2.24, 2.45) is 0 Å². The number of fused-ring (bicyclic) bond motifs is 1. The number of aryl methyl sites for hydroxylation is 2. The van der Waals surface area contributed by atoms with Gasteiger partial charge in [-0.15, -0.1) is 5.10 Å². The first-order valence-electron chi connectivity index (χ1n) is 6.11. The van der Waals surface area contributed by atoms with Gasteiger partial charge in [-0.25, -0.2) is 4.98 Å². The number of H-pyrrole nitrogens is 1. The standard InChI is InChI=1S/C11H13N7OS/c1-19-10-8-9(12-7-13-10)18(11(20)15-8)5-2-4-17-6-3-14-16-17/h3,6-7H,2,4-5H2,1H3,(H,15,20). The molecule has 20 heavy (non-hydrogen) atoms. The normalized spacial score (nSPS) is 11.1. The zero-order chi connectivity index (χ0) is 13.9. The molecule has 0 unspecified atom stereocenters. The summed E-state index contributed by atoms with van der Waals surface area (Å²) < 4.78 is 9.53. The van der Waals surface area contributed by atoms with Gasteiger partial charge in [-0.3, -0.25) is 4.68 Å². The van der Waals surface area contributed by atoms with Crippen molar-refractivity contribution in [1.29, 1.82) is 0 Å². The van der Waals surface area contributed by atoms with Crippen LogP contribution in [0.2, 0.25) is 0 Å². The molecule has 0 saturated heterocycles. The maximum absolute atomic E-state index is 5.32. The van der Waals surface area contributed by atoms with Crippen LogP contribution in [-0.2, 0) is 13.1 Å². The summed E-state index contributed by atoms with van der Waals surface area (Å²) in [6.07, 6.45) is 5.84. The van der Waals surface area contributed by atoms with Crippen molar-refractivity contribution in [2.75, 3.05) is 7.11 Å². The lowest BCUT2D eigenvalue weighted by Crippen LogP contribution is -2.05. The maximum Gasteiger partial charge on any atom is 0.242 e. The zero-order valence-electron chi connectivity index (χ0n) is 10.9. The first-order chi connectivity index (χ1) is 9.79. The highest BCUT2D eigenvalue weighted by atomic mass is 32.1. The number of aromatic amines is 1. The first kappa shape index (κ1) is 12.7. The third-order valence-corrected chi connectivity index (χ3v) is 3.28. The summed E-state index contributed by atoms with van der Waals surface area (Å²) in [5, 5.41) is 7.70. The highest BCUT2D eigenvalue weighted by Gasteiger charge is 2.11. The van der Waals surface area contributed by atoms with Crippen molar-refractivity contribution >= 4 is 23.4 Å². The molecule has 0 aromatic carbocycles. The molecule has 9 heteroatoms. The molecule has 3 heterocycles.